The lowest BCUT2D eigenvalue weighted by molar-refractivity contribution is -0.143. The molecule has 15 nitrogen and oxygen atoms in total. The Morgan fingerprint density at radius 2 is 1.77 bits per heavy atom. The number of fused-ring (bicyclic) bond motifs is 1. The van der Waals surface area contributed by atoms with Gasteiger partial charge in [-0.2, -0.15) is 8.42 Å². The number of benzene rings is 1. The van der Waals surface area contributed by atoms with Gasteiger partial charge < -0.3 is 29.7 Å². The molecule has 4 aliphatic rings. The van der Waals surface area contributed by atoms with Gasteiger partial charge in [0.2, 0.25) is 11.8 Å². The van der Waals surface area contributed by atoms with Crippen LogP contribution in [0.4, 0.5) is 4.79 Å². The molecule has 0 radical (unpaired) electrons. The average molecular weight is 776 g/mol. The minimum absolute atomic E-state index is 0.00575. The van der Waals surface area contributed by atoms with Crippen LogP contribution in [0.2, 0.25) is 5.02 Å². The van der Waals surface area contributed by atoms with Crippen LogP contribution in [0.25, 0.3) is 10.9 Å². The summed E-state index contributed by atoms with van der Waals surface area (Å²) in [6.45, 7) is 9.04. The predicted octanol–water partition coefficient (Wildman–Crippen LogP) is 3.93. The van der Waals surface area contributed by atoms with Crippen LogP contribution in [0, 0.1) is 11.3 Å². The number of hydrogen-bond donors (Lipinski definition) is 3. The van der Waals surface area contributed by atoms with Crippen LogP contribution in [0.5, 0.6) is 11.5 Å². The van der Waals surface area contributed by atoms with Gasteiger partial charge in [0.1, 0.15) is 46.4 Å². The second kappa shape index (κ2) is 14.9. The van der Waals surface area contributed by atoms with Gasteiger partial charge >= 0.3 is 16.4 Å². The van der Waals surface area contributed by atoms with Gasteiger partial charge in [0.15, 0.2) is 0 Å². The summed E-state index contributed by atoms with van der Waals surface area (Å²) < 4.78 is 49.4. The molecule has 4 fully saturated rings. The van der Waals surface area contributed by atoms with Crippen molar-refractivity contribution in [3.8, 4) is 11.5 Å². The smallest absolute Gasteiger partial charge is 0.408 e. The highest BCUT2D eigenvalue weighted by Gasteiger charge is 2.62. The fraction of sp³-hybridized carbons (Fsp3) is 0.583. The molecule has 3 aliphatic carbocycles. The first kappa shape index (κ1) is 38.6. The molecular weight excluding hydrogens is 730 g/mol. The molecule has 0 spiro atoms. The monoisotopic (exact) mass is 775 g/mol. The van der Waals surface area contributed by atoms with Crippen molar-refractivity contribution in [2.45, 2.75) is 108 Å². The first-order valence-corrected chi connectivity index (χ1v) is 19.6. The number of nitrogens with one attached hydrogen (secondary N) is 3. The van der Waals surface area contributed by atoms with Crippen molar-refractivity contribution in [1.82, 2.24) is 25.2 Å². The Morgan fingerprint density at radius 3 is 2.40 bits per heavy atom. The molecule has 1 aromatic heterocycles. The number of hydrogen-bond acceptors (Lipinski definition) is 11. The zero-order valence-corrected chi connectivity index (χ0v) is 31.8. The Hall–Kier alpha value is -4.15. The lowest BCUT2D eigenvalue weighted by Crippen LogP contribution is -2.60. The predicted molar refractivity (Wildman–Crippen MR) is 193 cm³/mol. The van der Waals surface area contributed by atoms with E-state index in [2.05, 4.69) is 22.2 Å². The largest absolute Gasteiger partial charge is 0.495 e. The van der Waals surface area contributed by atoms with Crippen LogP contribution in [0.3, 0.4) is 0 Å². The highest BCUT2D eigenvalue weighted by Crippen LogP contribution is 2.45. The maximum Gasteiger partial charge on any atom is 0.408 e. The summed E-state index contributed by atoms with van der Waals surface area (Å²) in [7, 11) is -2.94. The van der Waals surface area contributed by atoms with Crippen LogP contribution in [-0.4, -0.2) is 91.7 Å². The molecule has 3 N–H and O–H groups in total. The molecule has 6 rings (SSSR count). The van der Waals surface area contributed by atoms with E-state index in [9.17, 15) is 27.6 Å². The lowest BCUT2D eigenvalue weighted by atomic mass is 9.85. The molecule has 0 bridgehead atoms. The minimum Gasteiger partial charge on any atom is -0.495 e. The van der Waals surface area contributed by atoms with E-state index in [0.29, 0.717) is 35.2 Å². The Labute approximate surface area is 313 Å². The molecule has 288 valence electrons. The second-order valence-corrected chi connectivity index (χ2v) is 16.9. The highest BCUT2D eigenvalue weighted by atomic mass is 35.5. The van der Waals surface area contributed by atoms with Crippen LogP contribution in [0.15, 0.2) is 37.1 Å². The number of amides is 4. The van der Waals surface area contributed by atoms with E-state index in [1.807, 2.05) is 4.72 Å². The molecule has 3 saturated carbocycles. The van der Waals surface area contributed by atoms with Crippen LogP contribution in [0.1, 0.15) is 72.1 Å². The minimum atomic E-state index is -4.43. The molecular formula is C36H46ClN5O10S. The van der Waals surface area contributed by atoms with Crippen LogP contribution >= 0.6 is 11.6 Å². The van der Waals surface area contributed by atoms with Crippen molar-refractivity contribution in [2.75, 3.05) is 13.7 Å². The van der Waals surface area contributed by atoms with E-state index < -0.39 is 75.3 Å². The van der Waals surface area contributed by atoms with Gasteiger partial charge in [0, 0.05) is 23.9 Å². The fourth-order valence-electron chi connectivity index (χ4n) is 6.99. The summed E-state index contributed by atoms with van der Waals surface area (Å²) in [6.07, 6.45) is 5.35. The fourth-order valence-corrected chi connectivity index (χ4v) is 8.29. The number of aromatic nitrogens is 1. The van der Waals surface area contributed by atoms with E-state index in [-0.39, 0.29) is 30.5 Å². The third kappa shape index (κ3) is 8.49. The average Bonchev–Trinajstić information content (AvgIpc) is 3.92. The summed E-state index contributed by atoms with van der Waals surface area (Å²) in [6, 6.07) is 2.77. The molecule has 2 aromatic rings. The second-order valence-electron chi connectivity index (χ2n) is 15.2. The molecule has 17 heteroatoms. The van der Waals surface area contributed by atoms with Gasteiger partial charge in [-0.25, -0.2) is 9.52 Å². The maximum absolute atomic E-state index is 14.5. The summed E-state index contributed by atoms with van der Waals surface area (Å²) in [5.74, 6) is -2.01. The molecule has 1 saturated heterocycles. The number of ether oxygens (including phenoxy) is 3. The zero-order chi connectivity index (χ0) is 38.3. The van der Waals surface area contributed by atoms with Crippen molar-refractivity contribution in [1.29, 1.82) is 0 Å². The highest BCUT2D eigenvalue weighted by molar-refractivity contribution is 7.85. The van der Waals surface area contributed by atoms with Crippen molar-refractivity contribution in [2.24, 2.45) is 11.3 Å². The Morgan fingerprint density at radius 1 is 1.06 bits per heavy atom. The summed E-state index contributed by atoms with van der Waals surface area (Å²) in [5.41, 5.74) is -2.03. The molecule has 53 heavy (non-hydrogen) atoms. The molecule has 5 atom stereocenters. The Kier molecular flexibility index (Phi) is 10.9. The number of pyridine rings is 1. The summed E-state index contributed by atoms with van der Waals surface area (Å²) >= 11 is 6.54. The number of alkyl carbamates (subject to hydrolysis) is 1. The van der Waals surface area contributed by atoms with Gasteiger partial charge in [0.05, 0.1) is 25.3 Å². The molecule has 1 aromatic carbocycles. The number of halogens is 1. The molecule has 4 amide bonds. The first-order valence-electron chi connectivity index (χ1n) is 17.8. The van der Waals surface area contributed by atoms with Gasteiger partial charge in [-0.15, -0.1) is 6.58 Å². The molecule has 2 heterocycles. The third-order valence-corrected chi connectivity index (χ3v) is 11.5. The first-order chi connectivity index (χ1) is 25.0. The SMILES string of the molecule is C=CC1C[C@]1(NC(=O)C1CC(Oc2ccnc3c(Cl)c(OC)ccc23)CN1C(=O)C(NC(=O)OC1CCCC1)C(C)(C)C)C(=O)NS(=O)(=O)OC1CC1. The van der Waals surface area contributed by atoms with Crippen molar-refractivity contribution < 1.29 is 46.0 Å². The zero-order valence-electron chi connectivity index (χ0n) is 30.2. The number of carbonyl (C=O) groups excluding carboxylic acids is 4. The number of rotatable bonds is 13. The van der Waals surface area contributed by atoms with Crippen molar-refractivity contribution in [3.05, 3.63) is 42.1 Å². The summed E-state index contributed by atoms with van der Waals surface area (Å²) in [5, 5.41) is 6.35. The standard InChI is InChI=1S/C36H46ClN5O10S/c1-6-20-18-36(20,33(45)41-53(47,48)52-22-11-12-22)40-31(43)25-17-23(50-26-15-16-38-29-24(26)13-14-27(49-5)28(29)37)19-42(25)32(44)30(35(2,3)4)39-34(46)51-21-9-7-8-10-21/h6,13-16,20-23,25,30H,1,7-12,17-19H2,2-5H3,(H,39,46)(H,40,43)(H,41,45)/t20?,23?,25?,30?,36-/m1/s1. The van der Waals surface area contributed by atoms with E-state index >= 15 is 0 Å². The lowest BCUT2D eigenvalue weighted by Gasteiger charge is -2.35. The van der Waals surface area contributed by atoms with Gasteiger partial charge in [-0.3, -0.25) is 23.6 Å². The van der Waals surface area contributed by atoms with Crippen LogP contribution in [-0.2, 0) is 33.6 Å². The van der Waals surface area contributed by atoms with Gasteiger partial charge in [-0.1, -0.05) is 38.4 Å². The topological polar surface area (TPSA) is 192 Å². The van der Waals surface area contributed by atoms with E-state index in [1.165, 1.54) is 24.3 Å². The number of nitrogens with zero attached hydrogens (tertiary/aromatic N) is 2. The maximum atomic E-state index is 14.5. The molecule has 4 unspecified atom stereocenters. The Balaban J connectivity index is 1.27. The quantitative estimate of drug-likeness (QED) is 0.250. The number of likely N-dealkylation sites (tertiary alicyclic amines) is 1. The van der Waals surface area contributed by atoms with E-state index in [1.54, 1.807) is 39.0 Å². The number of methoxy groups -OCH3 is 1. The van der Waals surface area contributed by atoms with Crippen molar-refractivity contribution >= 4 is 56.6 Å². The third-order valence-electron chi connectivity index (χ3n) is 10.1. The summed E-state index contributed by atoms with van der Waals surface area (Å²) in [4.78, 5) is 61.0. The van der Waals surface area contributed by atoms with Gasteiger partial charge in [-0.05, 0) is 68.6 Å². The van der Waals surface area contributed by atoms with E-state index in [4.69, 9.17) is 30.0 Å². The normalized spacial score (nSPS) is 25.0. The molecule has 1 aliphatic heterocycles. The van der Waals surface area contributed by atoms with Crippen molar-refractivity contribution in [3.63, 3.8) is 0 Å². The Bertz CT molecular complexity index is 1890. The van der Waals surface area contributed by atoms with Gasteiger partial charge in [0.25, 0.3) is 5.91 Å². The number of carbonyl (C=O) groups is 4. The van der Waals surface area contributed by atoms with Crippen LogP contribution < -0.4 is 24.8 Å². The van der Waals surface area contributed by atoms with E-state index in [0.717, 1.165) is 25.7 Å².